The third-order valence-electron chi connectivity index (χ3n) is 3.71. The number of hydrogen-bond acceptors (Lipinski definition) is 9. The van der Waals surface area contributed by atoms with Gasteiger partial charge in [-0.1, -0.05) is 17.4 Å². The Bertz CT molecular complexity index is 1050. The molecule has 0 saturated carbocycles. The maximum absolute atomic E-state index is 13.5. The van der Waals surface area contributed by atoms with Crippen LogP contribution in [0.25, 0.3) is 0 Å². The summed E-state index contributed by atoms with van der Waals surface area (Å²) in [5, 5.41) is 7.67. The van der Waals surface area contributed by atoms with Gasteiger partial charge in [0.05, 0.1) is 12.0 Å². The quantitative estimate of drug-likeness (QED) is 0.475. The van der Waals surface area contributed by atoms with Gasteiger partial charge in [-0.15, -0.1) is 11.3 Å². The standard InChI is InChI=1S/C19H21F3N4O6S2/c1-18(2,3)32-17(30)26-16-25-12(19(20,21)22)11(34-16)14(28)24-9(15(29)31-4)8-23-13(27)10-6-5-7-33-10/h5-7,9H,8H2,1-4H3,(H,23,27)(H,24,28)(H,25,26,30)/t9-/m0/s1. The van der Waals surface area contributed by atoms with Crippen LogP contribution in [0.3, 0.4) is 0 Å². The van der Waals surface area contributed by atoms with Crippen LogP contribution in [0, 0.1) is 0 Å². The van der Waals surface area contributed by atoms with E-state index in [0.29, 0.717) is 4.88 Å². The predicted octanol–water partition coefficient (Wildman–Crippen LogP) is 3.27. The Morgan fingerprint density at radius 2 is 1.82 bits per heavy atom. The summed E-state index contributed by atoms with van der Waals surface area (Å²) in [7, 11) is 1.01. The van der Waals surface area contributed by atoms with Gasteiger partial charge in [-0.05, 0) is 32.2 Å². The molecule has 186 valence electrons. The third-order valence-corrected chi connectivity index (χ3v) is 5.55. The molecule has 0 unspecified atom stereocenters. The molecule has 0 bridgehead atoms. The van der Waals surface area contributed by atoms with E-state index < -0.39 is 63.9 Å². The molecule has 2 heterocycles. The number of alkyl halides is 3. The number of nitrogens with zero attached hydrogens (tertiary/aromatic N) is 1. The zero-order chi connectivity index (χ0) is 25.7. The summed E-state index contributed by atoms with van der Waals surface area (Å²) in [6, 6.07) is 1.66. The molecule has 2 aromatic rings. The first kappa shape index (κ1) is 27.0. The molecule has 3 amide bonds. The van der Waals surface area contributed by atoms with Crippen LogP contribution in [0.15, 0.2) is 17.5 Å². The fraction of sp³-hybridized carbons (Fsp3) is 0.421. The largest absolute Gasteiger partial charge is 0.467 e. The molecule has 2 rings (SSSR count). The molecule has 0 saturated heterocycles. The molecule has 2 aromatic heterocycles. The van der Waals surface area contributed by atoms with E-state index in [2.05, 4.69) is 20.4 Å². The molecule has 0 aromatic carbocycles. The number of anilines is 1. The fourth-order valence-corrected chi connectivity index (χ4v) is 3.87. The smallest absolute Gasteiger partial charge is 0.435 e. The molecule has 3 N–H and O–H groups in total. The number of nitrogens with one attached hydrogen (secondary N) is 3. The van der Waals surface area contributed by atoms with Crippen LogP contribution in [-0.4, -0.2) is 54.2 Å². The first-order valence-electron chi connectivity index (χ1n) is 9.49. The van der Waals surface area contributed by atoms with Gasteiger partial charge < -0.3 is 20.1 Å². The van der Waals surface area contributed by atoms with E-state index in [1.54, 1.807) is 32.2 Å². The molecule has 1 atom stereocenters. The van der Waals surface area contributed by atoms with Crippen LogP contribution in [-0.2, 0) is 20.4 Å². The van der Waals surface area contributed by atoms with Crippen LogP contribution in [0.1, 0.15) is 45.8 Å². The summed E-state index contributed by atoms with van der Waals surface area (Å²) < 4.78 is 50.0. The SMILES string of the molecule is COC(=O)[C@H](CNC(=O)c1cccs1)NC(=O)c1sc(NC(=O)OC(C)(C)C)nc1C(F)(F)F. The highest BCUT2D eigenvalue weighted by Gasteiger charge is 2.40. The van der Waals surface area contributed by atoms with Crippen molar-refractivity contribution in [1.29, 1.82) is 0 Å². The second-order valence-electron chi connectivity index (χ2n) is 7.56. The Kier molecular flexibility index (Phi) is 8.61. The number of halogens is 3. The van der Waals surface area contributed by atoms with Gasteiger partial charge in [-0.3, -0.25) is 14.9 Å². The number of aromatic nitrogens is 1. The average molecular weight is 523 g/mol. The minimum Gasteiger partial charge on any atom is -0.467 e. The maximum atomic E-state index is 13.5. The molecule has 34 heavy (non-hydrogen) atoms. The Morgan fingerprint density at radius 3 is 2.35 bits per heavy atom. The second kappa shape index (κ2) is 10.8. The highest BCUT2D eigenvalue weighted by Crippen LogP contribution is 2.36. The van der Waals surface area contributed by atoms with Gasteiger partial charge in [0.1, 0.15) is 16.5 Å². The Hall–Kier alpha value is -3.20. The van der Waals surface area contributed by atoms with Crippen LogP contribution in [0.2, 0.25) is 0 Å². The van der Waals surface area contributed by atoms with Gasteiger partial charge >= 0.3 is 18.2 Å². The number of carbonyl (C=O) groups is 4. The van der Waals surface area contributed by atoms with E-state index in [4.69, 9.17) is 4.74 Å². The van der Waals surface area contributed by atoms with Crippen molar-refractivity contribution in [3.05, 3.63) is 33.0 Å². The fourth-order valence-electron chi connectivity index (χ4n) is 2.36. The average Bonchev–Trinajstić information content (AvgIpc) is 3.38. The number of thiazole rings is 1. The summed E-state index contributed by atoms with van der Waals surface area (Å²) in [6.45, 7) is 4.22. The molecule has 15 heteroatoms. The van der Waals surface area contributed by atoms with E-state index in [1.807, 2.05) is 5.32 Å². The van der Waals surface area contributed by atoms with Gasteiger partial charge in [-0.25, -0.2) is 14.6 Å². The topological polar surface area (TPSA) is 136 Å². The van der Waals surface area contributed by atoms with E-state index in [0.717, 1.165) is 18.4 Å². The first-order valence-corrected chi connectivity index (χ1v) is 11.2. The molecule has 0 spiro atoms. The van der Waals surface area contributed by atoms with Crippen LogP contribution < -0.4 is 16.0 Å². The van der Waals surface area contributed by atoms with Crippen LogP contribution in [0.4, 0.5) is 23.1 Å². The van der Waals surface area contributed by atoms with Crippen molar-refractivity contribution in [2.24, 2.45) is 0 Å². The number of ether oxygens (including phenoxy) is 2. The molecular weight excluding hydrogens is 501 g/mol. The number of methoxy groups -OCH3 is 1. The Balaban J connectivity index is 2.21. The molecule has 0 aliphatic rings. The second-order valence-corrected chi connectivity index (χ2v) is 9.50. The first-order chi connectivity index (χ1) is 15.7. The molecule has 0 fully saturated rings. The lowest BCUT2D eigenvalue weighted by Gasteiger charge is -2.18. The van der Waals surface area contributed by atoms with Crippen molar-refractivity contribution in [3.8, 4) is 0 Å². The molecular formula is C19H21F3N4O6S2. The monoisotopic (exact) mass is 522 g/mol. The highest BCUT2D eigenvalue weighted by atomic mass is 32.1. The summed E-state index contributed by atoms with van der Waals surface area (Å²) in [4.78, 5) is 51.4. The van der Waals surface area contributed by atoms with Crippen LogP contribution >= 0.6 is 22.7 Å². The van der Waals surface area contributed by atoms with Gasteiger partial charge in [0, 0.05) is 6.54 Å². The number of amides is 3. The van der Waals surface area contributed by atoms with Gasteiger partial charge in [0.15, 0.2) is 10.8 Å². The lowest BCUT2D eigenvalue weighted by Crippen LogP contribution is -2.49. The summed E-state index contributed by atoms with van der Waals surface area (Å²) in [6.07, 6.45) is -6.10. The molecule has 0 radical (unpaired) electrons. The zero-order valence-corrected chi connectivity index (χ0v) is 20.0. The summed E-state index contributed by atoms with van der Waals surface area (Å²) in [5.74, 6) is -2.84. The van der Waals surface area contributed by atoms with Crippen molar-refractivity contribution < 1.29 is 41.8 Å². The van der Waals surface area contributed by atoms with Crippen molar-refractivity contribution in [2.75, 3.05) is 19.0 Å². The van der Waals surface area contributed by atoms with E-state index >= 15 is 0 Å². The summed E-state index contributed by atoms with van der Waals surface area (Å²) >= 11 is 1.37. The summed E-state index contributed by atoms with van der Waals surface area (Å²) in [5.41, 5.74) is -2.48. The maximum Gasteiger partial charge on any atom is 0.435 e. The lowest BCUT2D eigenvalue weighted by molar-refractivity contribution is -0.142. The van der Waals surface area contributed by atoms with Gasteiger partial charge in [0.25, 0.3) is 11.8 Å². The minimum absolute atomic E-state index is 0.240. The highest BCUT2D eigenvalue weighted by molar-refractivity contribution is 7.17. The van der Waals surface area contributed by atoms with E-state index in [-0.39, 0.29) is 11.3 Å². The van der Waals surface area contributed by atoms with Crippen LogP contribution in [0.5, 0.6) is 0 Å². The molecule has 0 aliphatic heterocycles. The lowest BCUT2D eigenvalue weighted by atomic mass is 10.2. The normalized spacial score (nSPS) is 12.4. The number of thiophene rings is 1. The minimum atomic E-state index is -5.04. The third kappa shape index (κ3) is 7.69. The van der Waals surface area contributed by atoms with Gasteiger partial charge in [0.2, 0.25) is 0 Å². The van der Waals surface area contributed by atoms with Crippen molar-refractivity contribution >= 4 is 51.7 Å². The van der Waals surface area contributed by atoms with Crippen molar-refractivity contribution in [2.45, 2.75) is 38.6 Å². The number of rotatable bonds is 7. The predicted molar refractivity (Wildman–Crippen MR) is 117 cm³/mol. The number of esters is 1. The Labute approximate surface area is 199 Å². The number of carbonyl (C=O) groups excluding carboxylic acids is 4. The van der Waals surface area contributed by atoms with Crippen molar-refractivity contribution in [1.82, 2.24) is 15.6 Å². The molecule has 0 aliphatic carbocycles. The van der Waals surface area contributed by atoms with E-state index in [9.17, 15) is 32.3 Å². The molecule has 10 nitrogen and oxygen atoms in total. The number of hydrogen-bond donors (Lipinski definition) is 3. The van der Waals surface area contributed by atoms with Gasteiger partial charge in [-0.2, -0.15) is 13.2 Å². The van der Waals surface area contributed by atoms with Crippen molar-refractivity contribution in [3.63, 3.8) is 0 Å². The van der Waals surface area contributed by atoms with E-state index in [1.165, 1.54) is 6.07 Å². The zero-order valence-electron chi connectivity index (χ0n) is 18.4. The Morgan fingerprint density at radius 1 is 1.15 bits per heavy atom.